The van der Waals surface area contributed by atoms with E-state index < -0.39 is 0 Å². The Morgan fingerprint density at radius 3 is 2.70 bits per heavy atom. The first-order chi connectivity index (χ1) is 4.91. The van der Waals surface area contributed by atoms with Gasteiger partial charge >= 0.3 is 0 Å². The molecule has 0 aromatic heterocycles. The molecule has 10 heavy (non-hydrogen) atoms. The van der Waals surface area contributed by atoms with Crippen molar-refractivity contribution in [1.29, 1.82) is 0 Å². The van der Waals surface area contributed by atoms with Crippen molar-refractivity contribution in [2.24, 2.45) is 0 Å². The zero-order valence-corrected chi connectivity index (χ0v) is 6.01. The predicted octanol–water partition coefficient (Wildman–Crippen LogP) is -0.985. The van der Waals surface area contributed by atoms with E-state index >= 15 is 0 Å². The first kappa shape index (κ1) is 9.84. The summed E-state index contributed by atoms with van der Waals surface area (Å²) in [6.07, 6.45) is 0. The molecule has 0 aromatic rings. The molecule has 0 atom stereocenters. The molecule has 2 N–H and O–H groups in total. The summed E-state index contributed by atoms with van der Waals surface area (Å²) in [5.74, 6) is 0. The van der Waals surface area contributed by atoms with Crippen molar-refractivity contribution in [1.82, 2.24) is 5.32 Å². The van der Waals surface area contributed by atoms with E-state index in [0.29, 0.717) is 19.7 Å². The first-order valence-corrected chi connectivity index (χ1v) is 3.39. The van der Waals surface area contributed by atoms with Crippen LogP contribution in [0.4, 0.5) is 0 Å². The first-order valence-electron chi connectivity index (χ1n) is 3.39. The van der Waals surface area contributed by atoms with Crippen LogP contribution in [0.2, 0.25) is 0 Å². The lowest BCUT2D eigenvalue weighted by Crippen LogP contribution is -2.23. The number of rotatable bonds is 7. The van der Waals surface area contributed by atoms with E-state index in [-0.39, 0.29) is 19.8 Å². The van der Waals surface area contributed by atoms with E-state index in [0.717, 1.165) is 0 Å². The van der Waals surface area contributed by atoms with Gasteiger partial charge in [-0.25, -0.2) is 5.11 Å². The maximum Gasteiger partial charge on any atom is 0.106 e. The second-order valence-corrected chi connectivity index (χ2v) is 1.79. The van der Waals surface area contributed by atoms with E-state index in [1.165, 1.54) is 0 Å². The topological polar surface area (TPSA) is 61.4 Å². The summed E-state index contributed by atoms with van der Waals surface area (Å²) in [5, 5.41) is 21.1. The van der Waals surface area contributed by atoms with Crippen molar-refractivity contribution in [3.8, 4) is 0 Å². The molecule has 0 aromatic carbocycles. The van der Waals surface area contributed by atoms with Gasteiger partial charge in [0.05, 0.1) is 19.8 Å². The van der Waals surface area contributed by atoms with Gasteiger partial charge in [0.25, 0.3) is 0 Å². The Labute approximate surface area is 60.8 Å². The minimum atomic E-state index is -0.181. The summed E-state index contributed by atoms with van der Waals surface area (Å²) in [6, 6.07) is 0. The van der Waals surface area contributed by atoms with Crippen molar-refractivity contribution < 1.29 is 14.9 Å². The Kier molecular flexibility index (Phi) is 8.70. The maximum absolute atomic E-state index is 9.83. The number of hydrogen-bond donors (Lipinski definition) is 2. The zero-order valence-electron chi connectivity index (χ0n) is 6.01. The molecule has 0 bridgehead atoms. The number of nitrogens with one attached hydrogen (secondary N) is 1. The lowest BCUT2D eigenvalue weighted by atomic mass is 10.6. The van der Waals surface area contributed by atoms with Gasteiger partial charge in [0.15, 0.2) is 0 Å². The van der Waals surface area contributed by atoms with Gasteiger partial charge in [0, 0.05) is 13.1 Å². The molecule has 0 saturated carbocycles. The minimum absolute atomic E-state index is 0.140. The summed E-state index contributed by atoms with van der Waals surface area (Å²) in [5.41, 5.74) is 0. The summed E-state index contributed by atoms with van der Waals surface area (Å²) < 4.78 is 4.87. The third-order valence-corrected chi connectivity index (χ3v) is 0.939. The normalized spacial score (nSPS) is 10.2. The van der Waals surface area contributed by atoms with Crippen LogP contribution in [0, 0.1) is 0 Å². The van der Waals surface area contributed by atoms with Gasteiger partial charge in [-0.2, -0.15) is 0 Å². The average Bonchev–Trinajstić information content (AvgIpc) is 1.97. The van der Waals surface area contributed by atoms with E-state index in [1.807, 2.05) is 0 Å². The van der Waals surface area contributed by atoms with E-state index in [1.54, 1.807) is 0 Å². The maximum atomic E-state index is 9.83. The minimum Gasteiger partial charge on any atom is -0.395 e. The summed E-state index contributed by atoms with van der Waals surface area (Å²) in [4.78, 5) is 0. The second kappa shape index (κ2) is 8.84. The molecule has 0 amide bonds. The Hall–Kier alpha value is -0.160. The average molecular weight is 148 g/mol. The van der Waals surface area contributed by atoms with Crippen molar-refractivity contribution in [3.05, 3.63) is 0 Å². The van der Waals surface area contributed by atoms with Gasteiger partial charge in [-0.1, -0.05) is 0 Å². The molecule has 0 spiro atoms. The fourth-order valence-electron chi connectivity index (χ4n) is 0.509. The highest BCUT2D eigenvalue weighted by atomic mass is 16.5. The molecule has 0 rings (SSSR count). The molecule has 61 valence electrons. The van der Waals surface area contributed by atoms with Gasteiger partial charge in [-0.15, -0.1) is 0 Å². The molecule has 0 aliphatic carbocycles. The van der Waals surface area contributed by atoms with Gasteiger partial charge < -0.3 is 15.2 Å². The Morgan fingerprint density at radius 1 is 1.30 bits per heavy atom. The Morgan fingerprint density at radius 2 is 2.10 bits per heavy atom. The molecule has 0 aliphatic heterocycles. The SMILES string of the molecule is [O]CCOCCNCCO. The van der Waals surface area contributed by atoms with Crippen LogP contribution in [0.15, 0.2) is 0 Å². The fourth-order valence-corrected chi connectivity index (χ4v) is 0.509. The molecule has 0 unspecified atom stereocenters. The molecular formula is C6H14NO3. The Bertz CT molecular complexity index is 53.0. The largest absolute Gasteiger partial charge is 0.395 e. The monoisotopic (exact) mass is 148 g/mol. The van der Waals surface area contributed by atoms with Crippen molar-refractivity contribution in [2.75, 3.05) is 39.5 Å². The zero-order chi connectivity index (χ0) is 7.66. The Balaban J connectivity index is 2.65. The van der Waals surface area contributed by atoms with Gasteiger partial charge in [-0.3, -0.25) is 0 Å². The van der Waals surface area contributed by atoms with Crippen LogP contribution in [-0.4, -0.2) is 44.6 Å². The smallest absolute Gasteiger partial charge is 0.106 e. The van der Waals surface area contributed by atoms with Crippen LogP contribution in [0.1, 0.15) is 0 Å². The molecule has 4 nitrogen and oxygen atoms in total. The number of aliphatic hydroxyl groups excluding tert-OH is 1. The molecule has 0 fully saturated rings. The van der Waals surface area contributed by atoms with E-state index in [9.17, 15) is 5.11 Å². The number of ether oxygens (including phenoxy) is 1. The quantitative estimate of drug-likeness (QED) is 0.456. The van der Waals surface area contributed by atoms with Crippen molar-refractivity contribution in [2.45, 2.75) is 0 Å². The van der Waals surface area contributed by atoms with Crippen LogP contribution in [0.3, 0.4) is 0 Å². The van der Waals surface area contributed by atoms with Crippen LogP contribution in [0.25, 0.3) is 0 Å². The fraction of sp³-hybridized carbons (Fsp3) is 1.00. The van der Waals surface area contributed by atoms with E-state index in [4.69, 9.17) is 9.84 Å². The third kappa shape index (κ3) is 7.84. The van der Waals surface area contributed by atoms with Gasteiger partial charge in [0.2, 0.25) is 0 Å². The van der Waals surface area contributed by atoms with Crippen LogP contribution < -0.4 is 5.32 Å². The predicted molar refractivity (Wildman–Crippen MR) is 36.3 cm³/mol. The standard InChI is InChI=1S/C6H14NO3/c8-3-1-7-2-5-10-6-4-9/h7-8H,1-6H2. The lowest BCUT2D eigenvalue weighted by Gasteiger charge is -2.01. The molecule has 0 saturated heterocycles. The van der Waals surface area contributed by atoms with Crippen LogP contribution in [-0.2, 0) is 9.84 Å². The van der Waals surface area contributed by atoms with Crippen molar-refractivity contribution in [3.63, 3.8) is 0 Å². The molecule has 0 aliphatic rings. The third-order valence-electron chi connectivity index (χ3n) is 0.939. The van der Waals surface area contributed by atoms with Crippen molar-refractivity contribution >= 4 is 0 Å². The highest BCUT2D eigenvalue weighted by molar-refractivity contribution is 4.42. The van der Waals surface area contributed by atoms with Crippen LogP contribution in [0.5, 0.6) is 0 Å². The molecular weight excluding hydrogens is 134 g/mol. The highest BCUT2D eigenvalue weighted by Gasteiger charge is 1.86. The van der Waals surface area contributed by atoms with Gasteiger partial charge in [-0.05, 0) is 0 Å². The number of aliphatic hydroxyl groups is 1. The highest BCUT2D eigenvalue weighted by Crippen LogP contribution is 1.70. The summed E-state index contributed by atoms with van der Waals surface area (Å²) in [6.45, 7) is 2.06. The number of hydrogen-bond acceptors (Lipinski definition) is 3. The molecule has 1 radical (unpaired) electrons. The molecule has 0 heterocycles. The lowest BCUT2D eigenvalue weighted by molar-refractivity contribution is 0.0648. The van der Waals surface area contributed by atoms with Crippen LogP contribution >= 0.6 is 0 Å². The second-order valence-electron chi connectivity index (χ2n) is 1.79. The molecule has 4 heteroatoms. The van der Waals surface area contributed by atoms with Gasteiger partial charge in [0.1, 0.15) is 6.61 Å². The summed E-state index contributed by atoms with van der Waals surface area (Å²) in [7, 11) is 0. The summed E-state index contributed by atoms with van der Waals surface area (Å²) >= 11 is 0. The van der Waals surface area contributed by atoms with E-state index in [2.05, 4.69) is 5.32 Å².